The SMILES string of the molecule is CCCF.Cc1cc(Cl)c2c(c1C)C=C(C(=O)O)C(F)O2. The van der Waals surface area contributed by atoms with E-state index >= 15 is 0 Å². The number of carbonyl (C=O) groups is 1. The Hall–Kier alpha value is -1.62. The average Bonchev–Trinajstić information content (AvgIpc) is 2.44. The van der Waals surface area contributed by atoms with Crippen molar-refractivity contribution >= 4 is 23.6 Å². The van der Waals surface area contributed by atoms with Crippen molar-refractivity contribution in [2.75, 3.05) is 6.67 Å². The van der Waals surface area contributed by atoms with Crippen molar-refractivity contribution < 1.29 is 23.4 Å². The summed E-state index contributed by atoms with van der Waals surface area (Å²) in [6, 6.07) is 1.67. The number of benzene rings is 1. The van der Waals surface area contributed by atoms with Crippen molar-refractivity contribution in [1.29, 1.82) is 0 Å². The van der Waals surface area contributed by atoms with Crippen LogP contribution in [0.3, 0.4) is 0 Å². The number of ether oxygens (including phenoxy) is 1. The van der Waals surface area contributed by atoms with Gasteiger partial charge in [-0.2, -0.15) is 4.39 Å². The normalized spacial score (nSPS) is 16.1. The van der Waals surface area contributed by atoms with E-state index in [2.05, 4.69) is 0 Å². The number of hydrogen-bond acceptors (Lipinski definition) is 2. The molecule has 6 heteroatoms. The van der Waals surface area contributed by atoms with Gasteiger partial charge in [0.2, 0.25) is 0 Å². The fourth-order valence-corrected chi connectivity index (χ4v) is 2.03. The van der Waals surface area contributed by atoms with Gasteiger partial charge in [0.15, 0.2) is 0 Å². The Labute approximate surface area is 127 Å². The highest BCUT2D eigenvalue weighted by molar-refractivity contribution is 6.32. The summed E-state index contributed by atoms with van der Waals surface area (Å²) >= 11 is 5.94. The first-order valence-corrected chi connectivity index (χ1v) is 6.82. The third kappa shape index (κ3) is 3.94. The lowest BCUT2D eigenvalue weighted by atomic mass is 9.98. The largest absolute Gasteiger partial charge is 0.478 e. The molecule has 0 bridgehead atoms. The molecular weight excluding hydrogens is 302 g/mol. The first-order valence-electron chi connectivity index (χ1n) is 6.44. The molecule has 116 valence electrons. The molecule has 1 aliphatic rings. The van der Waals surface area contributed by atoms with Crippen LogP contribution in [0.4, 0.5) is 8.78 Å². The minimum atomic E-state index is -1.99. The van der Waals surface area contributed by atoms with Crippen molar-refractivity contribution in [3.63, 3.8) is 0 Å². The van der Waals surface area contributed by atoms with Gasteiger partial charge in [0, 0.05) is 5.56 Å². The smallest absolute Gasteiger partial charge is 0.338 e. The molecule has 0 spiro atoms. The Bertz CT molecular complexity index is 569. The molecule has 0 fully saturated rings. The summed E-state index contributed by atoms with van der Waals surface area (Å²) in [4.78, 5) is 10.8. The van der Waals surface area contributed by atoms with Gasteiger partial charge in [-0.3, -0.25) is 4.39 Å². The van der Waals surface area contributed by atoms with Crippen molar-refractivity contribution in [2.24, 2.45) is 0 Å². The fourth-order valence-electron chi connectivity index (χ4n) is 1.72. The highest BCUT2D eigenvalue weighted by Gasteiger charge is 2.29. The summed E-state index contributed by atoms with van der Waals surface area (Å²) < 4.78 is 29.1. The summed E-state index contributed by atoms with van der Waals surface area (Å²) in [5.41, 5.74) is 1.84. The van der Waals surface area contributed by atoms with E-state index < -0.39 is 17.9 Å². The number of rotatable bonds is 2. The Morgan fingerprint density at radius 1 is 1.48 bits per heavy atom. The van der Waals surface area contributed by atoms with E-state index in [1.807, 2.05) is 13.8 Å². The van der Waals surface area contributed by atoms with Gasteiger partial charge in [-0.15, -0.1) is 0 Å². The summed E-state index contributed by atoms with van der Waals surface area (Å²) in [5.74, 6) is -1.13. The van der Waals surface area contributed by atoms with Crippen molar-refractivity contribution in [1.82, 2.24) is 0 Å². The summed E-state index contributed by atoms with van der Waals surface area (Å²) in [6.07, 6.45) is -0.0559. The molecule has 2 rings (SSSR count). The first-order chi connectivity index (χ1) is 9.83. The highest BCUT2D eigenvalue weighted by atomic mass is 35.5. The third-order valence-electron chi connectivity index (χ3n) is 3.00. The lowest BCUT2D eigenvalue weighted by molar-refractivity contribution is -0.134. The molecule has 0 saturated heterocycles. The molecule has 3 nitrogen and oxygen atoms in total. The monoisotopic (exact) mass is 318 g/mol. The molecule has 21 heavy (non-hydrogen) atoms. The molecule has 0 saturated carbocycles. The summed E-state index contributed by atoms with van der Waals surface area (Å²) in [5, 5.41) is 9.13. The minimum absolute atomic E-state index is 0.181. The van der Waals surface area contributed by atoms with Crippen molar-refractivity contribution in [2.45, 2.75) is 33.5 Å². The molecule has 0 radical (unpaired) electrons. The molecular formula is C15H17ClF2O3. The highest BCUT2D eigenvalue weighted by Crippen LogP contribution is 2.39. The molecule has 1 aromatic rings. The van der Waals surface area contributed by atoms with E-state index in [4.69, 9.17) is 21.4 Å². The zero-order chi connectivity index (χ0) is 16.2. The Kier molecular flexibility index (Phi) is 6.15. The molecule has 1 atom stereocenters. The van der Waals surface area contributed by atoms with Crippen LogP contribution in [0.15, 0.2) is 11.6 Å². The van der Waals surface area contributed by atoms with Gasteiger partial charge >= 0.3 is 5.97 Å². The predicted octanol–water partition coefficient (Wildman–Crippen LogP) is 4.48. The van der Waals surface area contributed by atoms with Crippen LogP contribution in [-0.2, 0) is 4.79 Å². The maximum atomic E-state index is 13.5. The van der Waals surface area contributed by atoms with Gasteiger partial charge < -0.3 is 9.84 Å². The van der Waals surface area contributed by atoms with Crippen LogP contribution in [0.25, 0.3) is 6.08 Å². The number of halogens is 3. The second-order valence-corrected chi connectivity index (χ2v) is 4.98. The fraction of sp³-hybridized carbons (Fsp3) is 0.400. The number of fused-ring (bicyclic) bond motifs is 1. The van der Waals surface area contributed by atoms with Gasteiger partial charge in [-0.25, -0.2) is 4.79 Å². The lowest BCUT2D eigenvalue weighted by Crippen LogP contribution is -2.23. The van der Waals surface area contributed by atoms with E-state index in [1.54, 1.807) is 13.0 Å². The molecule has 1 heterocycles. The number of aryl methyl sites for hydroxylation is 1. The maximum Gasteiger partial charge on any atom is 0.338 e. The molecule has 0 amide bonds. The van der Waals surface area contributed by atoms with Crippen LogP contribution < -0.4 is 4.74 Å². The molecule has 1 aromatic carbocycles. The lowest BCUT2D eigenvalue weighted by Gasteiger charge is -2.22. The standard InChI is InChI=1S/C12H10ClFO3.C3H7F/c1-5-3-9(13)10-7(6(5)2)4-8(12(15)16)11(14)17-10;1-2-3-4/h3-4,11H,1-2H3,(H,15,16);2-3H2,1H3. The second kappa shape index (κ2) is 7.41. The summed E-state index contributed by atoms with van der Waals surface area (Å²) in [7, 11) is 0. The van der Waals surface area contributed by atoms with E-state index in [1.165, 1.54) is 6.08 Å². The number of hydrogen-bond donors (Lipinski definition) is 1. The molecule has 1 aliphatic heterocycles. The number of carboxylic acids is 1. The van der Waals surface area contributed by atoms with E-state index in [0.717, 1.165) is 11.1 Å². The van der Waals surface area contributed by atoms with Crippen LogP contribution in [0.1, 0.15) is 30.0 Å². The maximum absolute atomic E-state index is 13.5. The molecule has 0 aliphatic carbocycles. The van der Waals surface area contributed by atoms with Gasteiger partial charge in [0.1, 0.15) is 11.3 Å². The summed E-state index contributed by atoms with van der Waals surface area (Å²) in [6.45, 7) is 5.28. The van der Waals surface area contributed by atoms with E-state index in [0.29, 0.717) is 12.0 Å². The Morgan fingerprint density at radius 3 is 2.52 bits per heavy atom. The molecule has 0 aromatic heterocycles. The van der Waals surface area contributed by atoms with Crippen molar-refractivity contribution in [3.05, 3.63) is 33.4 Å². The molecule has 1 N–H and O–H groups in total. The predicted molar refractivity (Wildman–Crippen MR) is 78.3 cm³/mol. The molecule has 1 unspecified atom stereocenters. The Morgan fingerprint density at radius 2 is 2.05 bits per heavy atom. The second-order valence-electron chi connectivity index (χ2n) is 4.57. The average molecular weight is 319 g/mol. The van der Waals surface area contributed by atoms with Gasteiger partial charge in [0.05, 0.1) is 11.7 Å². The first kappa shape index (κ1) is 17.4. The van der Waals surface area contributed by atoms with E-state index in [-0.39, 0.29) is 17.4 Å². The van der Waals surface area contributed by atoms with Crippen LogP contribution in [0.2, 0.25) is 5.02 Å². The number of aliphatic carboxylic acids is 1. The van der Waals surface area contributed by atoms with Crippen LogP contribution in [0, 0.1) is 13.8 Å². The quantitative estimate of drug-likeness (QED) is 0.874. The van der Waals surface area contributed by atoms with Crippen LogP contribution >= 0.6 is 11.6 Å². The topological polar surface area (TPSA) is 46.5 Å². The third-order valence-corrected chi connectivity index (χ3v) is 3.28. The van der Waals surface area contributed by atoms with E-state index in [9.17, 15) is 13.6 Å². The minimum Gasteiger partial charge on any atom is -0.478 e. The van der Waals surface area contributed by atoms with Crippen LogP contribution in [0.5, 0.6) is 5.75 Å². The van der Waals surface area contributed by atoms with Gasteiger partial charge in [0.25, 0.3) is 6.36 Å². The number of carboxylic acid groups (broad SMARTS) is 1. The number of alkyl halides is 2. The van der Waals surface area contributed by atoms with Gasteiger partial charge in [-0.1, -0.05) is 18.5 Å². The van der Waals surface area contributed by atoms with Crippen LogP contribution in [-0.4, -0.2) is 24.1 Å². The zero-order valence-corrected chi connectivity index (χ0v) is 12.8. The van der Waals surface area contributed by atoms with Crippen molar-refractivity contribution in [3.8, 4) is 5.75 Å². The Balaban J connectivity index is 0.000000491. The zero-order valence-electron chi connectivity index (χ0n) is 12.0. The van der Waals surface area contributed by atoms with Gasteiger partial charge in [-0.05, 0) is 43.5 Å².